The first-order valence-electron chi connectivity index (χ1n) is 4.71. The lowest BCUT2D eigenvalue weighted by molar-refractivity contribution is -0.134. The molecule has 1 rings (SSSR count). The average molecular weight is 259 g/mol. The molecule has 1 aromatic carbocycles. The van der Waals surface area contributed by atoms with Crippen LogP contribution in [0.15, 0.2) is 18.2 Å². The van der Waals surface area contributed by atoms with Gasteiger partial charge < -0.3 is 9.84 Å². The number of methoxy groups -OCH3 is 1. The largest absolute Gasteiger partial charge is 0.496 e. The van der Waals surface area contributed by atoms with E-state index in [0.717, 1.165) is 5.56 Å². The van der Waals surface area contributed by atoms with Crippen LogP contribution in [-0.2, 0) is 14.8 Å². The molecule has 0 unspecified atom stereocenters. The average Bonchev–Trinajstić information content (AvgIpc) is 2.14. The van der Waals surface area contributed by atoms with Gasteiger partial charge in [0.05, 0.1) is 7.11 Å². The molecule has 0 saturated heterocycles. The van der Waals surface area contributed by atoms with Crippen LogP contribution in [0.2, 0.25) is 0 Å². The molecule has 0 amide bonds. The van der Waals surface area contributed by atoms with E-state index in [1.807, 2.05) is 0 Å². The minimum Gasteiger partial charge on any atom is -0.496 e. The van der Waals surface area contributed by atoms with Gasteiger partial charge in [0.1, 0.15) is 5.75 Å². The molecule has 0 fully saturated rings. The number of hydrogen-bond acceptors (Lipinski definition) is 4. The Morgan fingerprint density at radius 1 is 1.47 bits per heavy atom. The molecule has 0 aromatic heterocycles. The summed E-state index contributed by atoms with van der Waals surface area (Å²) in [5.41, 5.74) is 1.06. The number of benzene rings is 1. The first-order valence-corrected chi connectivity index (χ1v) is 6.36. The topological polar surface area (TPSA) is 92.7 Å². The molecule has 0 saturated carbocycles. The molecule has 0 aliphatic rings. The van der Waals surface area contributed by atoms with Gasteiger partial charge in [-0.25, -0.2) is 8.42 Å². The number of anilines is 1. The minimum absolute atomic E-state index is 0.310. The molecule has 0 aliphatic heterocycles. The van der Waals surface area contributed by atoms with Crippen LogP contribution in [0.4, 0.5) is 5.69 Å². The fourth-order valence-corrected chi connectivity index (χ4v) is 2.20. The third-order valence-corrected chi connectivity index (χ3v) is 3.16. The van der Waals surface area contributed by atoms with Crippen molar-refractivity contribution in [1.82, 2.24) is 0 Å². The number of carbonyl (C=O) groups is 1. The van der Waals surface area contributed by atoms with Crippen molar-refractivity contribution in [2.75, 3.05) is 17.6 Å². The molecule has 2 N–H and O–H groups in total. The zero-order chi connectivity index (χ0) is 13.1. The van der Waals surface area contributed by atoms with Gasteiger partial charge in [-0.3, -0.25) is 9.52 Å². The van der Waals surface area contributed by atoms with Crippen molar-refractivity contribution < 1.29 is 23.1 Å². The molecule has 0 radical (unpaired) electrons. The normalized spacial score (nSPS) is 10.9. The van der Waals surface area contributed by atoms with Crippen LogP contribution in [-0.4, -0.2) is 32.4 Å². The number of sulfonamides is 1. The number of aryl methyl sites for hydroxylation is 1. The Labute approximate surface area is 99.3 Å². The summed E-state index contributed by atoms with van der Waals surface area (Å²) in [4.78, 5) is 10.3. The van der Waals surface area contributed by atoms with Crippen molar-refractivity contribution in [2.24, 2.45) is 0 Å². The number of ether oxygens (including phenoxy) is 1. The summed E-state index contributed by atoms with van der Waals surface area (Å²) in [5, 5.41) is 8.42. The molecule has 0 atom stereocenters. The fourth-order valence-electron chi connectivity index (χ4n) is 1.32. The molecule has 0 heterocycles. The minimum atomic E-state index is -3.86. The lowest BCUT2D eigenvalue weighted by Gasteiger charge is -2.09. The lowest BCUT2D eigenvalue weighted by atomic mass is 10.2. The summed E-state index contributed by atoms with van der Waals surface area (Å²) in [7, 11) is -2.35. The van der Waals surface area contributed by atoms with Gasteiger partial charge in [-0.1, -0.05) is 0 Å². The van der Waals surface area contributed by atoms with Crippen molar-refractivity contribution >= 4 is 21.7 Å². The summed E-state index contributed by atoms with van der Waals surface area (Å²) >= 11 is 0. The number of nitrogens with one attached hydrogen (secondary N) is 1. The Kier molecular flexibility index (Phi) is 3.95. The summed E-state index contributed by atoms with van der Waals surface area (Å²) < 4.78 is 29.9. The Hall–Kier alpha value is -1.76. The van der Waals surface area contributed by atoms with Crippen molar-refractivity contribution in [3.8, 4) is 5.75 Å². The smallest absolute Gasteiger partial charge is 0.320 e. The summed E-state index contributed by atoms with van der Waals surface area (Å²) in [5.74, 6) is -1.73. The Morgan fingerprint density at radius 3 is 2.59 bits per heavy atom. The molecule has 7 heteroatoms. The van der Waals surface area contributed by atoms with Crippen molar-refractivity contribution in [1.29, 1.82) is 0 Å². The van der Waals surface area contributed by atoms with Gasteiger partial charge in [-0.2, -0.15) is 0 Å². The number of hydrogen-bond donors (Lipinski definition) is 2. The first kappa shape index (κ1) is 13.3. The molecule has 17 heavy (non-hydrogen) atoms. The van der Waals surface area contributed by atoms with Crippen LogP contribution in [0.3, 0.4) is 0 Å². The molecule has 0 aliphatic carbocycles. The second kappa shape index (κ2) is 5.05. The van der Waals surface area contributed by atoms with E-state index < -0.39 is 21.7 Å². The van der Waals surface area contributed by atoms with Crippen LogP contribution in [0.25, 0.3) is 0 Å². The third-order valence-electron chi connectivity index (χ3n) is 1.98. The monoisotopic (exact) mass is 259 g/mol. The van der Waals surface area contributed by atoms with E-state index in [1.54, 1.807) is 19.1 Å². The van der Waals surface area contributed by atoms with Crippen molar-refractivity contribution in [3.63, 3.8) is 0 Å². The fraction of sp³-hybridized carbons (Fsp3) is 0.300. The van der Waals surface area contributed by atoms with Crippen molar-refractivity contribution in [2.45, 2.75) is 6.92 Å². The van der Waals surface area contributed by atoms with Crippen LogP contribution in [0.1, 0.15) is 5.56 Å². The Bertz CT molecular complexity index is 523. The second-order valence-corrected chi connectivity index (χ2v) is 5.16. The van der Waals surface area contributed by atoms with Gasteiger partial charge in [-0.15, -0.1) is 0 Å². The number of carboxylic acid groups (broad SMARTS) is 1. The quantitative estimate of drug-likeness (QED) is 0.817. The molecule has 6 nitrogen and oxygen atoms in total. The van der Waals surface area contributed by atoms with Gasteiger partial charge in [0, 0.05) is 5.69 Å². The highest BCUT2D eigenvalue weighted by molar-refractivity contribution is 7.93. The molecular formula is C10H13NO5S. The van der Waals surface area contributed by atoms with E-state index in [0.29, 0.717) is 11.4 Å². The maximum absolute atomic E-state index is 11.4. The van der Waals surface area contributed by atoms with E-state index in [1.165, 1.54) is 13.2 Å². The summed E-state index contributed by atoms with van der Waals surface area (Å²) in [6.07, 6.45) is 0. The SMILES string of the molecule is COc1ccc(NS(=O)(=O)CC(=O)O)cc1C. The van der Waals surface area contributed by atoms with Crippen LogP contribution < -0.4 is 9.46 Å². The maximum Gasteiger partial charge on any atom is 0.320 e. The molecular weight excluding hydrogens is 246 g/mol. The maximum atomic E-state index is 11.4. The van der Waals surface area contributed by atoms with Crippen molar-refractivity contribution in [3.05, 3.63) is 23.8 Å². The summed E-state index contributed by atoms with van der Waals surface area (Å²) in [6, 6.07) is 4.68. The molecule has 1 aromatic rings. The van der Waals surface area contributed by atoms with Gasteiger partial charge in [0.15, 0.2) is 5.75 Å². The summed E-state index contributed by atoms with van der Waals surface area (Å²) in [6.45, 7) is 1.76. The van der Waals surface area contributed by atoms with Gasteiger partial charge >= 0.3 is 5.97 Å². The van der Waals surface area contributed by atoms with E-state index in [2.05, 4.69) is 4.72 Å². The highest BCUT2D eigenvalue weighted by atomic mass is 32.2. The number of rotatable bonds is 5. The zero-order valence-electron chi connectivity index (χ0n) is 9.43. The predicted octanol–water partition coefficient (Wildman–Crippen LogP) is 0.830. The second-order valence-electron chi connectivity index (χ2n) is 3.44. The zero-order valence-corrected chi connectivity index (χ0v) is 10.2. The van der Waals surface area contributed by atoms with Crippen LogP contribution in [0, 0.1) is 6.92 Å². The number of aliphatic carboxylic acids is 1. The first-order chi connectivity index (χ1) is 7.84. The van der Waals surface area contributed by atoms with E-state index >= 15 is 0 Å². The Morgan fingerprint density at radius 2 is 2.12 bits per heavy atom. The van der Waals surface area contributed by atoms with Gasteiger partial charge in [0.25, 0.3) is 0 Å². The van der Waals surface area contributed by atoms with Gasteiger partial charge in [0.2, 0.25) is 10.0 Å². The van der Waals surface area contributed by atoms with E-state index in [4.69, 9.17) is 9.84 Å². The van der Waals surface area contributed by atoms with Crippen LogP contribution >= 0.6 is 0 Å². The predicted molar refractivity (Wildman–Crippen MR) is 62.8 cm³/mol. The molecule has 0 bridgehead atoms. The Balaban J connectivity index is 2.89. The molecule has 0 spiro atoms. The highest BCUT2D eigenvalue weighted by Crippen LogP contribution is 2.21. The molecule has 94 valence electrons. The third kappa shape index (κ3) is 3.95. The van der Waals surface area contributed by atoms with Crippen LogP contribution in [0.5, 0.6) is 5.75 Å². The standard InChI is InChI=1S/C10H13NO5S/c1-7-5-8(3-4-9(7)16-2)11-17(14,15)6-10(12)13/h3-5,11H,6H2,1-2H3,(H,12,13). The van der Waals surface area contributed by atoms with E-state index in [9.17, 15) is 13.2 Å². The van der Waals surface area contributed by atoms with Gasteiger partial charge in [-0.05, 0) is 30.7 Å². The lowest BCUT2D eigenvalue weighted by Crippen LogP contribution is -2.22. The number of carboxylic acids is 1. The van der Waals surface area contributed by atoms with E-state index in [-0.39, 0.29) is 0 Å². The highest BCUT2D eigenvalue weighted by Gasteiger charge is 2.15.